The van der Waals surface area contributed by atoms with E-state index in [0.717, 1.165) is 45.2 Å². The zero-order valence-corrected chi connectivity index (χ0v) is 20.5. The van der Waals surface area contributed by atoms with Gasteiger partial charge in [-0.3, -0.25) is 4.79 Å². The largest absolute Gasteiger partial charge is 0.573 e. The number of halogens is 3. The molecule has 2 fully saturated rings. The van der Waals surface area contributed by atoms with Gasteiger partial charge in [-0.2, -0.15) is 0 Å². The highest BCUT2D eigenvalue weighted by atomic mass is 19.4. The Kier molecular flexibility index (Phi) is 7.74. The number of ether oxygens (including phenoxy) is 1. The highest BCUT2D eigenvalue weighted by Gasteiger charge is 2.49. The van der Waals surface area contributed by atoms with E-state index in [9.17, 15) is 18.0 Å². The van der Waals surface area contributed by atoms with E-state index in [-0.39, 0.29) is 24.1 Å². The monoisotopic (exact) mass is 488 g/mol. The fourth-order valence-corrected chi connectivity index (χ4v) is 5.89. The van der Waals surface area contributed by atoms with E-state index in [0.29, 0.717) is 17.5 Å². The SMILES string of the molecule is CC(C)C1(C(=O)NCc2cccc(OC(F)(F)F)c2)CCC(N2CCC(c3ccccc3)CC2)C1. The molecule has 2 unspecified atom stereocenters. The van der Waals surface area contributed by atoms with Crippen molar-refractivity contribution >= 4 is 5.91 Å². The molecule has 1 aliphatic carbocycles. The van der Waals surface area contributed by atoms with E-state index >= 15 is 0 Å². The van der Waals surface area contributed by atoms with Crippen LogP contribution in [0.4, 0.5) is 13.2 Å². The lowest BCUT2D eigenvalue weighted by molar-refractivity contribution is -0.274. The number of piperidine rings is 1. The predicted molar refractivity (Wildman–Crippen MR) is 130 cm³/mol. The molecule has 0 bridgehead atoms. The van der Waals surface area contributed by atoms with E-state index in [1.54, 1.807) is 6.07 Å². The highest BCUT2D eigenvalue weighted by Crippen LogP contribution is 2.47. The number of carbonyl (C=O) groups is 1. The number of nitrogens with one attached hydrogen (secondary N) is 1. The maximum atomic E-state index is 13.4. The van der Waals surface area contributed by atoms with Crippen LogP contribution in [0.1, 0.15) is 63.0 Å². The predicted octanol–water partition coefficient (Wildman–Crippen LogP) is 6.28. The summed E-state index contributed by atoms with van der Waals surface area (Å²) in [4.78, 5) is 16.0. The van der Waals surface area contributed by atoms with Gasteiger partial charge in [0, 0.05) is 12.6 Å². The molecule has 0 radical (unpaired) electrons. The lowest BCUT2D eigenvalue weighted by Gasteiger charge is -2.38. The molecule has 4 rings (SSSR count). The van der Waals surface area contributed by atoms with Gasteiger partial charge in [-0.25, -0.2) is 0 Å². The highest BCUT2D eigenvalue weighted by molar-refractivity contribution is 5.83. The second-order valence-corrected chi connectivity index (χ2v) is 10.3. The van der Waals surface area contributed by atoms with E-state index < -0.39 is 11.8 Å². The summed E-state index contributed by atoms with van der Waals surface area (Å²) < 4.78 is 41.6. The van der Waals surface area contributed by atoms with Crippen molar-refractivity contribution < 1.29 is 22.7 Å². The van der Waals surface area contributed by atoms with Crippen molar-refractivity contribution in [1.29, 1.82) is 0 Å². The standard InChI is InChI=1S/C28H35F3N2O2/c1-20(2)27(26(34)32-19-21-7-6-10-25(17-21)35-28(29,30)31)14-11-24(18-27)33-15-12-23(13-16-33)22-8-4-3-5-9-22/h3-10,17,20,23-24H,11-16,18-19H2,1-2H3,(H,32,34). The van der Waals surface area contributed by atoms with E-state index in [1.165, 1.54) is 23.8 Å². The van der Waals surface area contributed by atoms with Gasteiger partial charge >= 0.3 is 6.36 Å². The molecule has 2 aliphatic rings. The number of nitrogens with zero attached hydrogens (tertiary/aromatic N) is 1. The first-order valence-electron chi connectivity index (χ1n) is 12.6. The minimum absolute atomic E-state index is 0.00341. The van der Waals surface area contributed by atoms with Gasteiger partial charge in [-0.1, -0.05) is 56.3 Å². The Hall–Kier alpha value is -2.54. The van der Waals surface area contributed by atoms with E-state index in [4.69, 9.17) is 0 Å². The van der Waals surface area contributed by atoms with Crippen molar-refractivity contribution in [1.82, 2.24) is 10.2 Å². The van der Waals surface area contributed by atoms with Crippen LogP contribution in [0.2, 0.25) is 0 Å². The Bertz CT molecular complexity index is 987. The maximum absolute atomic E-state index is 13.4. The number of likely N-dealkylation sites (tertiary alicyclic amines) is 1. The van der Waals surface area contributed by atoms with Crippen LogP contribution in [-0.2, 0) is 11.3 Å². The molecular formula is C28H35F3N2O2. The Morgan fingerprint density at radius 2 is 1.80 bits per heavy atom. The third-order valence-electron chi connectivity index (χ3n) is 7.98. The van der Waals surface area contributed by atoms with Crippen LogP contribution in [-0.4, -0.2) is 36.3 Å². The van der Waals surface area contributed by atoms with Gasteiger partial charge in [0.1, 0.15) is 5.75 Å². The topological polar surface area (TPSA) is 41.6 Å². The Balaban J connectivity index is 1.34. The molecule has 2 aromatic carbocycles. The van der Waals surface area contributed by atoms with Crippen LogP contribution in [0.25, 0.3) is 0 Å². The van der Waals surface area contributed by atoms with Crippen molar-refractivity contribution in [3.05, 3.63) is 65.7 Å². The zero-order valence-electron chi connectivity index (χ0n) is 20.5. The average molecular weight is 489 g/mol. The number of hydrogen-bond donors (Lipinski definition) is 1. The molecule has 35 heavy (non-hydrogen) atoms. The molecule has 2 aromatic rings. The van der Waals surface area contributed by atoms with Crippen LogP contribution in [0, 0.1) is 11.3 Å². The molecule has 0 spiro atoms. The van der Waals surface area contributed by atoms with Crippen molar-refractivity contribution in [2.75, 3.05) is 13.1 Å². The molecule has 1 amide bonds. The second-order valence-electron chi connectivity index (χ2n) is 10.3. The molecule has 1 heterocycles. The van der Waals surface area contributed by atoms with E-state index in [2.05, 4.69) is 59.1 Å². The summed E-state index contributed by atoms with van der Waals surface area (Å²) >= 11 is 0. The molecule has 2 atom stereocenters. The number of carbonyl (C=O) groups excluding carboxylic acids is 1. The number of amides is 1. The van der Waals surface area contributed by atoms with Crippen LogP contribution in [0.15, 0.2) is 54.6 Å². The second kappa shape index (κ2) is 10.6. The van der Waals surface area contributed by atoms with Crippen LogP contribution < -0.4 is 10.1 Å². The summed E-state index contributed by atoms with van der Waals surface area (Å²) in [5.74, 6) is 0.498. The van der Waals surface area contributed by atoms with Crippen LogP contribution in [0.5, 0.6) is 5.75 Å². The maximum Gasteiger partial charge on any atom is 0.573 e. The molecule has 1 aliphatic heterocycles. The lowest BCUT2D eigenvalue weighted by Crippen LogP contribution is -2.45. The van der Waals surface area contributed by atoms with Crippen molar-refractivity contribution in [2.45, 2.75) is 70.8 Å². The van der Waals surface area contributed by atoms with Gasteiger partial charge in [0.2, 0.25) is 5.91 Å². The molecule has 4 nitrogen and oxygen atoms in total. The van der Waals surface area contributed by atoms with Crippen molar-refractivity contribution in [2.24, 2.45) is 11.3 Å². The summed E-state index contributed by atoms with van der Waals surface area (Å²) in [5, 5.41) is 3.01. The zero-order chi connectivity index (χ0) is 25.1. The first-order valence-corrected chi connectivity index (χ1v) is 12.6. The van der Waals surface area contributed by atoms with Gasteiger partial charge in [0.15, 0.2) is 0 Å². The molecule has 1 N–H and O–H groups in total. The first-order chi connectivity index (χ1) is 16.7. The molecule has 0 aromatic heterocycles. The quantitative estimate of drug-likeness (QED) is 0.499. The summed E-state index contributed by atoms with van der Waals surface area (Å²) in [6, 6.07) is 16.9. The smallest absolute Gasteiger partial charge is 0.406 e. The summed E-state index contributed by atoms with van der Waals surface area (Å²) in [6.45, 7) is 6.47. The number of benzene rings is 2. The first kappa shape index (κ1) is 25.5. The van der Waals surface area contributed by atoms with Gasteiger partial charge in [0.05, 0.1) is 5.41 Å². The molecule has 7 heteroatoms. The minimum Gasteiger partial charge on any atom is -0.406 e. The summed E-state index contributed by atoms with van der Waals surface area (Å²) in [6.07, 6.45) is 0.185. The Morgan fingerprint density at radius 1 is 1.09 bits per heavy atom. The normalized spacial score (nSPS) is 24.0. The van der Waals surface area contributed by atoms with E-state index in [1.807, 2.05) is 0 Å². The molecule has 1 saturated heterocycles. The van der Waals surface area contributed by atoms with Gasteiger partial charge in [-0.15, -0.1) is 13.2 Å². The number of alkyl halides is 3. The third kappa shape index (κ3) is 6.18. The molecule has 190 valence electrons. The fraction of sp³-hybridized carbons (Fsp3) is 0.536. The number of hydrogen-bond acceptors (Lipinski definition) is 3. The summed E-state index contributed by atoms with van der Waals surface area (Å²) in [7, 11) is 0. The fourth-order valence-electron chi connectivity index (χ4n) is 5.89. The molecular weight excluding hydrogens is 453 g/mol. The van der Waals surface area contributed by atoms with Crippen LogP contribution >= 0.6 is 0 Å². The van der Waals surface area contributed by atoms with Crippen molar-refractivity contribution in [3.8, 4) is 5.75 Å². The van der Waals surface area contributed by atoms with Crippen LogP contribution in [0.3, 0.4) is 0 Å². The summed E-state index contributed by atoms with van der Waals surface area (Å²) in [5.41, 5.74) is 1.54. The minimum atomic E-state index is -4.74. The number of rotatable bonds is 7. The Labute approximate surface area is 205 Å². The Morgan fingerprint density at radius 3 is 2.46 bits per heavy atom. The van der Waals surface area contributed by atoms with Gasteiger partial charge in [-0.05, 0) is 80.3 Å². The molecule has 1 saturated carbocycles. The average Bonchev–Trinajstić information content (AvgIpc) is 3.30. The van der Waals surface area contributed by atoms with Gasteiger partial charge < -0.3 is 15.0 Å². The lowest BCUT2D eigenvalue weighted by atomic mass is 9.74. The van der Waals surface area contributed by atoms with Gasteiger partial charge in [0.25, 0.3) is 0 Å². The van der Waals surface area contributed by atoms with Crippen molar-refractivity contribution in [3.63, 3.8) is 0 Å². The third-order valence-corrected chi connectivity index (χ3v) is 7.98.